The van der Waals surface area contributed by atoms with Crippen molar-refractivity contribution in [2.75, 3.05) is 11.9 Å². The van der Waals surface area contributed by atoms with Gasteiger partial charge in [-0.25, -0.2) is 13.1 Å². The largest absolute Gasteiger partial charge is 0.326 e. The first-order valence-corrected chi connectivity index (χ1v) is 12.3. The van der Waals surface area contributed by atoms with Crippen molar-refractivity contribution < 1.29 is 13.2 Å². The highest BCUT2D eigenvalue weighted by atomic mass is 79.9. The zero-order valence-electron chi connectivity index (χ0n) is 17.2. The standard InChI is InChI=1S/C22H29BrN2O3S/c1-4-13-24-29(27,28)20-10-7-16(8-11-20)9-12-21(26)25-22-17(5-2)14-19(23)15-18(22)6-3/h7-8,10-11,14-15,24H,4-6,9,12-13H2,1-3H3,(H,25,26). The number of hydrogen-bond acceptors (Lipinski definition) is 3. The van der Waals surface area contributed by atoms with Crippen LogP contribution in [0.2, 0.25) is 0 Å². The fourth-order valence-corrected chi connectivity index (χ4v) is 4.74. The van der Waals surface area contributed by atoms with Gasteiger partial charge in [-0.1, -0.05) is 48.8 Å². The molecule has 0 unspecified atom stereocenters. The maximum absolute atomic E-state index is 12.5. The van der Waals surface area contributed by atoms with E-state index >= 15 is 0 Å². The van der Waals surface area contributed by atoms with Crippen LogP contribution in [-0.4, -0.2) is 20.9 Å². The number of carbonyl (C=O) groups excluding carboxylic acids is 1. The molecule has 0 aliphatic rings. The van der Waals surface area contributed by atoms with Crippen molar-refractivity contribution >= 4 is 37.5 Å². The lowest BCUT2D eigenvalue weighted by molar-refractivity contribution is -0.116. The lowest BCUT2D eigenvalue weighted by Crippen LogP contribution is -2.24. The van der Waals surface area contributed by atoms with Crippen LogP contribution in [0.3, 0.4) is 0 Å². The summed E-state index contributed by atoms with van der Waals surface area (Å²) in [5.74, 6) is -0.0435. The molecule has 0 spiro atoms. The minimum absolute atomic E-state index is 0.0435. The summed E-state index contributed by atoms with van der Waals surface area (Å²) in [4.78, 5) is 12.8. The third-order valence-corrected chi connectivity index (χ3v) is 6.64. The molecule has 5 nitrogen and oxygen atoms in total. The van der Waals surface area contributed by atoms with Crippen LogP contribution >= 0.6 is 15.9 Å². The van der Waals surface area contributed by atoms with Gasteiger partial charge in [-0.05, 0) is 66.6 Å². The van der Waals surface area contributed by atoms with Crippen LogP contribution in [0, 0.1) is 0 Å². The fourth-order valence-electron chi connectivity index (χ4n) is 3.06. The molecule has 0 heterocycles. The Hall–Kier alpha value is -1.70. The van der Waals surface area contributed by atoms with Crippen LogP contribution in [0.4, 0.5) is 5.69 Å². The average molecular weight is 481 g/mol. The van der Waals surface area contributed by atoms with Gasteiger partial charge in [0.15, 0.2) is 0 Å². The van der Waals surface area contributed by atoms with Crippen molar-refractivity contribution in [2.24, 2.45) is 0 Å². The first kappa shape index (κ1) is 23.6. The molecule has 2 rings (SSSR count). The minimum atomic E-state index is -3.46. The van der Waals surface area contributed by atoms with Gasteiger partial charge in [-0.15, -0.1) is 0 Å². The zero-order chi connectivity index (χ0) is 21.4. The molecule has 158 valence electrons. The Balaban J connectivity index is 2.02. The van der Waals surface area contributed by atoms with Gasteiger partial charge in [0.2, 0.25) is 15.9 Å². The number of halogens is 1. The molecular weight excluding hydrogens is 452 g/mol. The topological polar surface area (TPSA) is 75.3 Å². The van der Waals surface area contributed by atoms with E-state index in [2.05, 4.69) is 39.8 Å². The maximum atomic E-state index is 12.5. The summed E-state index contributed by atoms with van der Waals surface area (Å²) in [6, 6.07) is 10.8. The molecule has 0 aliphatic heterocycles. The summed E-state index contributed by atoms with van der Waals surface area (Å²) in [6.45, 7) is 6.47. The van der Waals surface area contributed by atoms with Gasteiger partial charge in [0.25, 0.3) is 0 Å². The molecule has 0 radical (unpaired) electrons. The maximum Gasteiger partial charge on any atom is 0.240 e. The number of aryl methyl sites for hydroxylation is 3. The van der Waals surface area contributed by atoms with Crippen molar-refractivity contribution in [2.45, 2.75) is 57.8 Å². The van der Waals surface area contributed by atoms with Gasteiger partial charge in [0.1, 0.15) is 0 Å². The van der Waals surface area contributed by atoms with Crippen LogP contribution in [0.5, 0.6) is 0 Å². The van der Waals surface area contributed by atoms with Crippen LogP contribution in [0.1, 0.15) is 50.3 Å². The number of rotatable bonds is 10. The van der Waals surface area contributed by atoms with E-state index < -0.39 is 10.0 Å². The van der Waals surface area contributed by atoms with Crippen molar-refractivity contribution in [1.29, 1.82) is 0 Å². The van der Waals surface area contributed by atoms with Crippen LogP contribution in [0.25, 0.3) is 0 Å². The quantitative estimate of drug-likeness (QED) is 0.510. The van der Waals surface area contributed by atoms with Gasteiger partial charge >= 0.3 is 0 Å². The summed E-state index contributed by atoms with van der Waals surface area (Å²) >= 11 is 3.53. The molecule has 7 heteroatoms. The van der Waals surface area contributed by atoms with E-state index in [1.165, 1.54) is 0 Å². The van der Waals surface area contributed by atoms with Crippen LogP contribution in [-0.2, 0) is 34.1 Å². The highest BCUT2D eigenvalue weighted by Gasteiger charge is 2.14. The molecule has 2 aromatic rings. The Morgan fingerprint density at radius 1 is 1.00 bits per heavy atom. The molecule has 2 N–H and O–H groups in total. The number of sulfonamides is 1. The van der Waals surface area contributed by atoms with Crippen molar-refractivity contribution in [3.63, 3.8) is 0 Å². The Labute approximate surface area is 182 Å². The third-order valence-electron chi connectivity index (χ3n) is 4.71. The van der Waals surface area contributed by atoms with Crippen molar-refractivity contribution in [3.8, 4) is 0 Å². The van der Waals surface area contributed by atoms with Crippen LogP contribution < -0.4 is 10.0 Å². The SMILES string of the molecule is CCCNS(=O)(=O)c1ccc(CCC(=O)Nc2c(CC)cc(Br)cc2CC)cc1. The molecule has 0 fully saturated rings. The normalized spacial score (nSPS) is 11.4. The second-order valence-corrected chi connectivity index (χ2v) is 9.58. The lowest BCUT2D eigenvalue weighted by atomic mass is 10.0. The molecule has 0 bridgehead atoms. The molecule has 0 atom stereocenters. The first-order valence-electron chi connectivity index (χ1n) is 10.00. The van der Waals surface area contributed by atoms with E-state index in [0.29, 0.717) is 19.4 Å². The molecule has 2 aromatic carbocycles. The smallest absolute Gasteiger partial charge is 0.240 e. The molecule has 0 saturated heterocycles. The minimum Gasteiger partial charge on any atom is -0.326 e. The Kier molecular flexibility index (Phi) is 8.86. The van der Waals surface area contributed by atoms with Gasteiger partial charge in [0.05, 0.1) is 4.90 Å². The summed E-state index contributed by atoms with van der Waals surface area (Å²) in [5.41, 5.74) is 4.06. The predicted octanol–water partition coefficient (Wildman–Crippen LogP) is 4.83. The molecule has 29 heavy (non-hydrogen) atoms. The molecule has 0 saturated carbocycles. The predicted molar refractivity (Wildman–Crippen MR) is 122 cm³/mol. The Bertz CT molecular complexity index is 916. The summed E-state index contributed by atoms with van der Waals surface area (Å²) < 4.78 is 27.8. The number of hydrogen-bond donors (Lipinski definition) is 2. The summed E-state index contributed by atoms with van der Waals surface area (Å²) in [7, 11) is -3.46. The van der Waals surface area contributed by atoms with E-state index in [1.54, 1.807) is 24.3 Å². The monoisotopic (exact) mass is 480 g/mol. The van der Waals surface area contributed by atoms with Gasteiger partial charge in [-0.2, -0.15) is 0 Å². The molecule has 0 aliphatic carbocycles. The second kappa shape index (κ2) is 10.9. The van der Waals surface area contributed by atoms with Crippen molar-refractivity contribution in [3.05, 3.63) is 57.6 Å². The Morgan fingerprint density at radius 3 is 2.10 bits per heavy atom. The number of amides is 1. The highest BCUT2D eigenvalue weighted by molar-refractivity contribution is 9.10. The van der Waals surface area contributed by atoms with E-state index in [4.69, 9.17) is 0 Å². The van der Waals surface area contributed by atoms with E-state index in [1.807, 2.05) is 19.1 Å². The van der Waals surface area contributed by atoms with E-state index in [9.17, 15) is 13.2 Å². The number of nitrogens with one attached hydrogen (secondary N) is 2. The number of anilines is 1. The van der Waals surface area contributed by atoms with Gasteiger partial charge < -0.3 is 5.32 Å². The first-order chi connectivity index (χ1) is 13.8. The molecular formula is C22H29BrN2O3S. The fraction of sp³-hybridized carbons (Fsp3) is 0.409. The second-order valence-electron chi connectivity index (χ2n) is 6.90. The van der Waals surface area contributed by atoms with Gasteiger partial charge in [-0.3, -0.25) is 4.79 Å². The van der Waals surface area contributed by atoms with E-state index in [0.717, 1.165) is 46.1 Å². The van der Waals surface area contributed by atoms with E-state index in [-0.39, 0.29) is 10.8 Å². The zero-order valence-corrected chi connectivity index (χ0v) is 19.6. The highest BCUT2D eigenvalue weighted by Crippen LogP contribution is 2.27. The lowest BCUT2D eigenvalue weighted by Gasteiger charge is -2.15. The third kappa shape index (κ3) is 6.66. The average Bonchev–Trinajstić information content (AvgIpc) is 2.71. The van der Waals surface area contributed by atoms with Crippen molar-refractivity contribution in [1.82, 2.24) is 4.72 Å². The number of carbonyl (C=O) groups is 1. The summed E-state index contributed by atoms with van der Waals surface area (Å²) in [5, 5.41) is 3.07. The van der Waals surface area contributed by atoms with Gasteiger partial charge in [0, 0.05) is 23.1 Å². The summed E-state index contributed by atoms with van der Waals surface area (Å²) in [6.07, 6.45) is 3.30. The Morgan fingerprint density at radius 2 is 1.59 bits per heavy atom. The molecule has 0 aromatic heterocycles. The molecule has 1 amide bonds. The van der Waals surface area contributed by atoms with Crippen LogP contribution in [0.15, 0.2) is 45.8 Å². The number of benzene rings is 2.